The highest BCUT2D eigenvalue weighted by molar-refractivity contribution is 5.87. The number of Topliss-reactive ketones (excluding diaryl/α,β-unsaturated/α-hetero) is 1. The molecule has 13 heavy (non-hydrogen) atoms. The number of hydrogen-bond donors (Lipinski definition) is 0. The molecule has 0 fully saturated rings. The summed E-state index contributed by atoms with van der Waals surface area (Å²) in [5.74, 6) is -0.167. The first-order valence-corrected chi connectivity index (χ1v) is 4.35. The molecular formula is C10H14O3. The van der Waals surface area contributed by atoms with Crippen molar-refractivity contribution in [3.63, 3.8) is 0 Å². The van der Waals surface area contributed by atoms with Gasteiger partial charge in [0.15, 0.2) is 0 Å². The number of carbonyl (C=O) groups excluding carboxylic acids is 2. The number of cyclic esters (lactones) is 1. The van der Waals surface area contributed by atoms with Gasteiger partial charge in [-0.1, -0.05) is 0 Å². The summed E-state index contributed by atoms with van der Waals surface area (Å²) in [4.78, 5) is 21.7. The Hall–Kier alpha value is -1.12. The molecule has 0 aliphatic carbocycles. The number of carbonyl (C=O) groups is 2. The maximum Gasteiger partial charge on any atom is 0.331 e. The van der Waals surface area contributed by atoms with Gasteiger partial charge in [-0.25, -0.2) is 4.79 Å². The van der Waals surface area contributed by atoms with Crippen molar-refractivity contribution in [1.29, 1.82) is 0 Å². The standard InChI is InChI=1S/C10H14O3/c1-7(11)4-5-8-6-9(12)13-10(8,2)3/h6H,4-5H2,1-3H3. The summed E-state index contributed by atoms with van der Waals surface area (Å²) in [5.41, 5.74) is 0.389. The first kappa shape index (κ1) is 9.96. The van der Waals surface area contributed by atoms with Crippen molar-refractivity contribution in [2.24, 2.45) is 0 Å². The van der Waals surface area contributed by atoms with E-state index in [2.05, 4.69) is 0 Å². The van der Waals surface area contributed by atoms with Crippen molar-refractivity contribution in [3.05, 3.63) is 11.6 Å². The summed E-state index contributed by atoms with van der Waals surface area (Å²) in [7, 11) is 0. The molecule has 0 unspecified atom stereocenters. The van der Waals surface area contributed by atoms with Gasteiger partial charge in [-0.2, -0.15) is 0 Å². The summed E-state index contributed by atoms with van der Waals surface area (Å²) in [5, 5.41) is 0. The third kappa shape index (κ3) is 2.41. The van der Waals surface area contributed by atoms with E-state index in [0.29, 0.717) is 12.8 Å². The van der Waals surface area contributed by atoms with E-state index in [1.165, 1.54) is 6.08 Å². The quantitative estimate of drug-likeness (QED) is 0.623. The van der Waals surface area contributed by atoms with E-state index >= 15 is 0 Å². The van der Waals surface area contributed by atoms with Crippen LogP contribution in [0.1, 0.15) is 33.6 Å². The van der Waals surface area contributed by atoms with Gasteiger partial charge in [0.1, 0.15) is 11.4 Å². The van der Waals surface area contributed by atoms with Crippen LogP contribution >= 0.6 is 0 Å². The Labute approximate surface area is 77.8 Å². The lowest BCUT2D eigenvalue weighted by Gasteiger charge is -2.20. The Bertz CT molecular complexity index is 274. The van der Waals surface area contributed by atoms with Crippen LogP contribution in [0.25, 0.3) is 0 Å². The van der Waals surface area contributed by atoms with Crippen LogP contribution in [0.3, 0.4) is 0 Å². The van der Waals surface area contributed by atoms with E-state index in [-0.39, 0.29) is 11.8 Å². The number of rotatable bonds is 3. The molecule has 0 aromatic rings. The minimum absolute atomic E-state index is 0.135. The molecule has 1 heterocycles. The second-order valence-electron chi connectivity index (χ2n) is 3.80. The molecule has 0 aromatic carbocycles. The molecular weight excluding hydrogens is 168 g/mol. The van der Waals surface area contributed by atoms with Crippen LogP contribution in [-0.2, 0) is 14.3 Å². The van der Waals surface area contributed by atoms with E-state index < -0.39 is 5.60 Å². The van der Waals surface area contributed by atoms with Gasteiger partial charge in [-0.05, 0) is 32.8 Å². The molecule has 0 aromatic heterocycles. The molecule has 0 bridgehead atoms. The van der Waals surface area contributed by atoms with Crippen LogP contribution in [-0.4, -0.2) is 17.4 Å². The van der Waals surface area contributed by atoms with Crippen molar-refractivity contribution in [3.8, 4) is 0 Å². The Kier molecular flexibility index (Phi) is 2.55. The van der Waals surface area contributed by atoms with Crippen LogP contribution in [0, 0.1) is 0 Å². The number of ether oxygens (including phenoxy) is 1. The zero-order chi connectivity index (χ0) is 10.1. The highest BCUT2D eigenvalue weighted by Crippen LogP contribution is 2.30. The van der Waals surface area contributed by atoms with Crippen LogP contribution in [0.4, 0.5) is 0 Å². The maximum atomic E-state index is 10.9. The van der Waals surface area contributed by atoms with Crippen LogP contribution in [0.15, 0.2) is 11.6 Å². The Morgan fingerprint density at radius 3 is 2.54 bits per heavy atom. The molecule has 0 amide bonds. The normalized spacial score (nSPS) is 19.6. The molecule has 0 N–H and O–H groups in total. The lowest BCUT2D eigenvalue weighted by Crippen LogP contribution is -2.23. The molecule has 72 valence electrons. The largest absolute Gasteiger partial charge is 0.452 e. The first-order chi connectivity index (χ1) is 5.92. The van der Waals surface area contributed by atoms with E-state index in [1.807, 2.05) is 13.8 Å². The van der Waals surface area contributed by atoms with Crippen molar-refractivity contribution < 1.29 is 14.3 Å². The van der Waals surface area contributed by atoms with Gasteiger partial charge in [0.05, 0.1) is 0 Å². The van der Waals surface area contributed by atoms with Gasteiger partial charge in [0, 0.05) is 12.5 Å². The molecule has 3 heteroatoms. The highest BCUT2D eigenvalue weighted by Gasteiger charge is 2.33. The topological polar surface area (TPSA) is 43.4 Å². The molecule has 3 nitrogen and oxygen atoms in total. The van der Waals surface area contributed by atoms with Crippen LogP contribution in [0.2, 0.25) is 0 Å². The second kappa shape index (κ2) is 3.32. The SMILES string of the molecule is CC(=O)CCC1=CC(=O)OC1(C)C. The van der Waals surface area contributed by atoms with Gasteiger partial charge >= 0.3 is 5.97 Å². The maximum absolute atomic E-state index is 10.9. The van der Waals surface area contributed by atoms with E-state index in [0.717, 1.165) is 5.57 Å². The van der Waals surface area contributed by atoms with E-state index in [1.54, 1.807) is 6.92 Å². The van der Waals surface area contributed by atoms with Crippen molar-refractivity contribution >= 4 is 11.8 Å². The average molecular weight is 182 g/mol. The molecule has 1 aliphatic heterocycles. The summed E-state index contributed by atoms with van der Waals surface area (Å²) in [6, 6.07) is 0. The zero-order valence-corrected chi connectivity index (χ0v) is 8.22. The predicted octanol–water partition coefficient (Wildman–Crippen LogP) is 1.62. The summed E-state index contributed by atoms with van der Waals surface area (Å²) < 4.78 is 5.05. The monoisotopic (exact) mass is 182 g/mol. The molecule has 1 rings (SSSR count). The van der Waals surface area contributed by atoms with E-state index in [4.69, 9.17) is 4.74 Å². The van der Waals surface area contributed by atoms with Crippen molar-refractivity contribution in [2.75, 3.05) is 0 Å². The fraction of sp³-hybridized carbons (Fsp3) is 0.600. The van der Waals surface area contributed by atoms with E-state index in [9.17, 15) is 9.59 Å². The molecule has 0 atom stereocenters. The van der Waals surface area contributed by atoms with Crippen molar-refractivity contribution in [2.45, 2.75) is 39.2 Å². The molecule has 0 radical (unpaired) electrons. The third-order valence-electron chi connectivity index (χ3n) is 2.17. The zero-order valence-electron chi connectivity index (χ0n) is 8.22. The first-order valence-electron chi connectivity index (χ1n) is 4.35. The average Bonchev–Trinajstić information content (AvgIpc) is 2.19. The van der Waals surface area contributed by atoms with Crippen molar-refractivity contribution in [1.82, 2.24) is 0 Å². The Balaban J connectivity index is 2.63. The number of esters is 1. The van der Waals surface area contributed by atoms with Crippen LogP contribution < -0.4 is 0 Å². The molecule has 1 aliphatic rings. The van der Waals surface area contributed by atoms with Gasteiger partial charge in [-0.3, -0.25) is 0 Å². The highest BCUT2D eigenvalue weighted by atomic mass is 16.6. The minimum Gasteiger partial charge on any atom is -0.452 e. The lowest BCUT2D eigenvalue weighted by molar-refractivity contribution is -0.143. The molecule has 0 saturated heterocycles. The fourth-order valence-electron chi connectivity index (χ4n) is 1.35. The van der Waals surface area contributed by atoms with Gasteiger partial charge in [0.25, 0.3) is 0 Å². The number of ketones is 1. The van der Waals surface area contributed by atoms with Crippen LogP contribution in [0.5, 0.6) is 0 Å². The number of hydrogen-bond acceptors (Lipinski definition) is 3. The molecule has 0 spiro atoms. The second-order valence-corrected chi connectivity index (χ2v) is 3.80. The van der Waals surface area contributed by atoms with Gasteiger partial charge < -0.3 is 9.53 Å². The third-order valence-corrected chi connectivity index (χ3v) is 2.17. The Morgan fingerprint density at radius 1 is 1.54 bits per heavy atom. The minimum atomic E-state index is -0.521. The predicted molar refractivity (Wildman–Crippen MR) is 48.2 cm³/mol. The van der Waals surface area contributed by atoms with Gasteiger partial charge in [-0.15, -0.1) is 0 Å². The van der Waals surface area contributed by atoms with Gasteiger partial charge in [0.2, 0.25) is 0 Å². The summed E-state index contributed by atoms with van der Waals surface area (Å²) in [6.07, 6.45) is 2.59. The molecule has 0 saturated carbocycles. The fourth-order valence-corrected chi connectivity index (χ4v) is 1.35. The Morgan fingerprint density at radius 2 is 2.15 bits per heavy atom. The lowest BCUT2D eigenvalue weighted by atomic mass is 9.94. The summed E-state index contributed by atoms with van der Waals surface area (Å²) in [6.45, 7) is 5.22. The smallest absolute Gasteiger partial charge is 0.331 e. The summed E-state index contributed by atoms with van der Waals surface area (Å²) >= 11 is 0.